The first-order valence-electron chi connectivity index (χ1n) is 5.18. The normalized spacial score (nSPS) is 10.5. The second-order valence-electron chi connectivity index (χ2n) is 3.84. The van der Waals surface area contributed by atoms with Gasteiger partial charge in [0.1, 0.15) is 0 Å². The van der Waals surface area contributed by atoms with Crippen LogP contribution in [0.3, 0.4) is 0 Å². The van der Waals surface area contributed by atoms with Crippen molar-refractivity contribution < 1.29 is 4.79 Å². The molecule has 0 heterocycles. The molecule has 0 aliphatic carbocycles. The van der Waals surface area contributed by atoms with Crippen molar-refractivity contribution >= 4 is 5.91 Å². The molecule has 0 aromatic rings. The van der Waals surface area contributed by atoms with Gasteiger partial charge in [-0.2, -0.15) is 0 Å². The summed E-state index contributed by atoms with van der Waals surface area (Å²) in [4.78, 5) is 13.5. The number of hydrogen-bond acceptors (Lipinski definition) is 1. The molecule has 13 heavy (non-hydrogen) atoms. The molecule has 2 heteroatoms. The van der Waals surface area contributed by atoms with Crippen molar-refractivity contribution in [3.8, 4) is 0 Å². The first kappa shape index (κ1) is 12.5. The fourth-order valence-electron chi connectivity index (χ4n) is 1.34. The highest BCUT2D eigenvalue weighted by Crippen LogP contribution is 2.03. The molecule has 77 valence electrons. The van der Waals surface area contributed by atoms with Crippen LogP contribution in [0.15, 0.2) is 0 Å². The lowest BCUT2D eigenvalue weighted by Crippen LogP contribution is -2.34. The van der Waals surface area contributed by atoms with Crippen LogP contribution in [0.2, 0.25) is 0 Å². The Labute approximate surface area is 82.3 Å². The molecule has 0 bridgehead atoms. The third-order valence-electron chi connectivity index (χ3n) is 1.82. The standard InChI is InChI=1S/C11H22NO/c1-5-7-11(13)12(8-6-2)9-10(3)4/h10H,1,5-9H2,2-4H3. The van der Waals surface area contributed by atoms with Gasteiger partial charge in [0.15, 0.2) is 0 Å². The molecule has 0 saturated heterocycles. The Bertz CT molecular complexity index is 143. The molecule has 0 fully saturated rings. The predicted octanol–water partition coefficient (Wildman–Crippen LogP) is 2.50. The van der Waals surface area contributed by atoms with Crippen LogP contribution in [0.4, 0.5) is 0 Å². The third-order valence-corrected chi connectivity index (χ3v) is 1.82. The van der Waals surface area contributed by atoms with Crippen molar-refractivity contribution in [3.63, 3.8) is 0 Å². The maximum atomic E-state index is 11.6. The largest absolute Gasteiger partial charge is 0.342 e. The summed E-state index contributed by atoms with van der Waals surface area (Å²) in [5.74, 6) is 0.811. The second kappa shape index (κ2) is 6.93. The van der Waals surface area contributed by atoms with Crippen LogP contribution in [0, 0.1) is 12.8 Å². The summed E-state index contributed by atoms with van der Waals surface area (Å²) in [6.07, 6.45) is 2.33. The van der Waals surface area contributed by atoms with E-state index in [1.165, 1.54) is 0 Å². The highest BCUT2D eigenvalue weighted by atomic mass is 16.2. The van der Waals surface area contributed by atoms with Gasteiger partial charge in [0, 0.05) is 19.5 Å². The Hall–Kier alpha value is -0.530. The molecule has 0 N–H and O–H groups in total. The van der Waals surface area contributed by atoms with Gasteiger partial charge in [-0.25, -0.2) is 0 Å². The van der Waals surface area contributed by atoms with Gasteiger partial charge in [-0.1, -0.05) is 27.7 Å². The third kappa shape index (κ3) is 5.67. The number of nitrogens with zero attached hydrogens (tertiary/aromatic N) is 1. The summed E-state index contributed by atoms with van der Waals surface area (Å²) in [5, 5.41) is 0. The van der Waals surface area contributed by atoms with Gasteiger partial charge >= 0.3 is 0 Å². The van der Waals surface area contributed by atoms with Crippen LogP contribution < -0.4 is 0 Å². The van der Waals surface area contributed by atoms with E-state index in [-0.39, 0.29) is 5.91 Å². The highest BCUT2D eigenvalue weighted by Gasteiger charge is 2.12. The van der Waals surface area contributed by atoms with Crippen LogP contribution in [-0.2, 0) is 4.79 Å². The predicted molar refractivity (Wildman–Crippen MR) is 56.3 cm³/mol. The fourth-order valence-corrected chi connectivity index (χ4v) is 1.34. The summed E-state index contributed by atoms with van der Waals surface area (Å²) >= 11 is 0. The van der Waals surface area contributed by atoms with Gasteiger partial charge in [-0.3, -0.25) is 4.79 Å². The molecule has 0 aliphatic rings. The Balaban J connectivity index is 3.98. The molecular weight excluding hydrogens is 162 g/mol. The molecule has 2 nitrogen and oxygen atoms in total. The minimum atomic E-state index is 0.255. The Morgan fingerprint density at radius 1 is 1.46 bits per heavy atom. The summed E-state index contributed by atoms with van der Waals surface area (Å²) in [5.41, 5.74) is 0. The van der Waals surface area contributed by atoms with Crippen molar-refractivity contribution in [2.24, 2.45) is 5.92 Å². The van der Waals surface area contributed by atoms with Crippen molar-refractivity contribution in [3.05, 3.63) is 6.92 Å². The molecule has 0 spiro atoms. The molecular formula is C11H22NO. The van der Waals surface area contributed by atoms with E-state index >= 15 is 0 Å². The lowest BCUT2D eigenvalue weighted by molar-refractivity contribution is -0.131. The quantitative estimate of drug-likeness (QED) is 0.621. The molecule has 0 rings (SSSR count). The Morgan fingerprint density at radius 2 is 2.08 bits per heavy atom. The fraction of sp³-hybridized carbons (Fsp3) is 0.818. The monoisotopic (exact) mass is 184 g/mol. The van der Waals surface area contributed by atoms with Crippen LogP contribution in [0.5, 0.6) is 0 Å². The summed E-state index contributed by atoms with van der Waals surface area (Å²) in [6, 6.07) is 0. The van der Waals surface area contributed by atoms with Gasteiger partial charge in [-0.15, -0.1) is 0 Å². The molecule has 1 amide bonds. The number of carbonyl (C=O) groups is 1. The minimum absolute atomic E-state index is 0.255. The summed E-state index contributed by atoms with van der Waals surface area (Å²) < 4.78 is 0. The zero-order valence-corrected chi connectivity index (χ0v) is 9.18. The molecule has 1 radical (unpaired) electrons. The van der Waals surface area contributed by atoms with E-state index in [0.717, 1.165) is 19.5 Å². The van der Waals surface area contributed by atoms with E-state index in [2.05, 4.69) is 27.7 Å². The van der Waals surface area contributed by atoms with Crippen LogP contribution in [0.25, 0.3) is 0 Å². The number of hydrogen-bond donors (Lipinski definition) is 0. The first-order valence-corrected chi connectivity index (χ1v) is 5.18. The molecule has 0 atom stereocenters. The van der Waals surface area contributed by atoms with Crippen LogP contribution >= 0.6 is 0 Å². The van der Waals surface area contributed by atoms with Crippen molar-refractivity contribution in [2.45, 2.75) is 40.0 Å². The molecule has 0 aliphatic heterocycles. The molecule has 0 saturated carbocycles. The highest BCUT2D eigenvalue weighted by molar-refractivity contribution is 5.76. The lowest BCUT2D eigenvalue weighted by Gasteiger charge is -2.23. The van der Waals surface area contributed by atoms with Crippen LogP contribution in [0.1, 0.15) is 40.0 Å². The Morgan fingerprint density at radius 3 is 2.46 bits per heavy atom. The van der Waals surface area contributed by atoms with E-state index in [1.54, 1.807) is 0 Å². The molecule has 0 unspecified atom stereocenters. The van der Waals surface area contributed by atoms with Crippen molar-refractivity contribution in [1.29, 1.82) is 0 Å². The van der Waals surface area contributed by atoms with E-state index < -0.39 is 0 Å². The SMILES string of the molecule is [CH2]CCC(=O)N(CCC)CC(C)C. The average Bonchev–Trinajstić information content (AvgIpc) is 2.03. The van der Waals surface area contributed by atoms with Crippen LogP contribution in [-0.4, -0.2) is 23.9 Å². The van der Waals surface area contributed by atoms with Crippen molar-refractivity contribution in [2.75, 3.05) is 13.1 Å². The maximum Gasteiger partial charge on any atom is 0.222 e. The smallest absolute Gasteiger partial charge is 0.222 e. The Kier molecular flexibility index (Phi) is 6.65. The van der Waals surface area contributed by atoms with Gasteiger partial charge in [0.2, 0.25) is 5.91 Å². The zero-order chi connectivity index (χ0) is 10.3. The van der Waals surface area contributed by atoms with Gasteiger partial charge in [-0.05, 0) is 18.8 Å². The number of amides is 1. The van der Waals surface area contributed by atoms with Gasteiger partial charge in [0.05, 0.1) is 0 Å². The molecule has 0 aromatic heterocycles. The average molecular weight is 184 g/mol. The topological polar surface area (TPSA) is 20.3 Å². The van der Waals surface area contributed by atoms with E-state index in [9.17, 15) is 4.79 Å². The van der Waals surface area contributed by atoms with E-state index in [1.807, 2.05) is 4.90 Å². The van der Waals surface area contributed by atoms with E-state index in [4.69, 9.17) is 0 Å². The minimum Gasteiger partial charge on any atom is -0.342 e. The number of rotatable bonds is 6. The summed E-state index contributed by atoms with van der Waals surface area (Å²) in [6.45, 7) is 11.8. The lowest BCUT2D eigenvalue weighted by atomic mass is 10.2. The van der Waals surface area contributed by atoms with Gasteiger partial charge < -0.3 is 4.90 Å². The van der Waals surface area contributed by atoms with Gasteiger partial charge in [0.25, 0.3) is 0 Å². The maximum absolute atomic E-state index is 11.6. The summed E-state index contributed by atoms with van der Waals surface area (Å²) in [7, 11) is 0. The second-order valence-corrected chi connectivity index (χ2v) is 3.84. The first-order chi connectivity index (χ1) is 6.11. The zero-order valence-electron chi connectivity index (χ0n) is 9.18. The number of carbonyl (C=O) groups excluding carboxylic acids is 1. The molecule has 0 aromatic carbocycles. The van der Waals surface area contributed by atoms with Crippen molar-refractivity contribution in [1.82, 2.24) is 4.90 Å². The van der Waals surface area contributed by atoms with E-state index in [0.29, 0.717) is 18.8 Å².